The highest BCUT2D eigenvalue weighted by atomic mass is 32.1. The van der Waals surface area contributed by atoms with Crippen LogP contribution in [0, 0.1) is 0 Å². The van der Waals surface area contributed by atoms with Gasteiger partial charge in [0.2, 0.25) is 0 Å². The zero-order chi connectivity index (χ0) is 17.1. The van der Waals surface area contributed by atoms with Gasteiger partial charge in [-0.25, -0.2) is 4.98 Å². The molecule has 2 aromatic heterocycles. The number of carbonyl (C=O) groups excluding carboxylic acids is 1. The van der Waals surface area contributed by atoms with Crippen molar-refractivity contribution in [2.24, 2.45) is 0 Å². The third kappa shape index (κ3) is 3.37. The summed E-state index contributed by atoms with van der Waals surface area (Å²) in [5.74, 6) is 0.799. The first kappa shape index (κ1) is 16.1. The standard InChI is InChI=1S/C20H20N2O2S/c23-20(22-12-6-1-2-7-13-22)18-17(15-9-4-3-5-10-15)21-19(25-18)16-11-8-14-24-16/h3-5,8-11,14H,1-2,6-7,12-13H2. The lowest BCUT2D eigenvalue weighted by atomic mass is 10.1. The van der Waals surface area contributed by atoms with Crippen LogP contribution < -0.4 is 0 Å². The Morgan fingerprint density at radius 2 is 1.76 bits per heavy atom. The first-order valence-electron chi connectivity index (χ1n) is 8.72. The van der Waals surface area contributed by atoms with Gasteiger partial charge in [0.1, 0.15) is 4.88 Å². The Balaban J connectivity index is 1.75. The van der Waals surface area contributed by atoms with Gasteiger partial charge in [0.15, 0.2) is 10.8 Å². The van der Waals surface area contributed by atoms with Gasteiger partial charge in [-0.2, -0.15) is 0 Å². The van der Waals surface area contributed by atoms with Gasteiger partial charge < -0.3 is 9.32 Å². The molecule has 0 N–H and O–H groups in total. The summed E-state index contributed by atoms with van der Waals surface area (Å²) < 4.78 is 5.49. The predicted octanol–water partition coefficient (Wildman–Crippen LogP) is 5.09. The topological polar surface area (TPSA) is 46.3 Å². The van der Waals surface area contributed by atoms with Gasteiger partial charge in [-0.1, -0.05) is 43.2 Å². The summed E-state index contributed by atoms with van der Waals surface area (Å²) in [5.41, 5.74) is 1.72. The third-order valence-electron chi connectivity index (χ3n) is 4.49. The van der Waals surface area contributed by atoms with E-state index in [1.54, 1.807) is 6.26 Å². The van der Waals surface area contributed by atoms with E-state index in [4.69, 9.17) is 9.40 Å². The Bertz CT molecular complexity index is 832. The van der Waals surface area contributed by atoms with Gasteiger partial charge in [0, 0.05) is 18.7 Å². The van der Waals surface area contributed by atoms with Crippen molar-refractivity contribution in [2.45, 2.75) is 25.7 Å². The van der Waals surface area contributed by atoms with E-state index in [0.29, 0.717) is 10.6 Å². The average Bonchev–Trinajstić information content (AvgIpc) is 3.26. The number of nitrogens with zero attached hydrogens (tertiary/aromatic N) is 2. The van der Waals surface area contributed by atoms with Crippen LogP contribution >= 0.6 is 11.3 Å². The van der Waals surface area contributed by atoms with Crippen molar-refractivity contribution in [3.63, 3.8) is 0 Å². The summed E-state index contributed by atoms with van der Waals surface area (Å²) in [6.45, 7) is 1.67. The largest absolute Gasteiger partial charge is 0.462 e. The Kier molecular flexibility index (Phi) is 4.65. The quantitative estimate of drug-likeness (QED) is 0.660. The molecule has 0 radical (unpaired) electrons. The van der Waals surface area contributed by atoms with Crippen molar-refractivity contribution >= 4 is 17.2 Å². The minimum atomic E-state index is 0.0936. The van der Waals surface area contributed by atoms with Gasteiger partial charge in [0.25, 0.3) is 5.91 Å². The first-order chi connectivity index (χ1) is 12.3. The molecule has 3 aromatic rings. The highest BCUT2D eigenvalue weighted by Crippen LogP contribution is 2.35. The molecule has 5 heteroatoms. The number of likely N-dealkylation sites (tertiary alicyclic amines) is 1. The Labute approximate surface area is 151 Å². The van der Waals surface area contributed by atoms with Crippen LogP contribution in [-0.2, 0) is 0 Å². The smallest absolute Gasteiger partial charge is 0.266 e. The molecular weight excluding hydrogens is 332 g/mol. The average molecular weight is 352 g/mol. The number of thiazole rings is 1. The van der Waals surface area contributed by atoms with Gasteiger partial charge in [0.05, 0.1) is 12.0 Å². The fourth-order valence-electron chi connectivity index (χ4n) is 3.18. The molecule has 4 rings (SSSR count). The monoisotopic (exact) mass is 352 g/mol. The summed E-state index contributed by atoms with van der Waals surface area (Å²) in [6.07, 6.45) is 6.20. The fraction of sp³-hybridized carbons (Fsp3) is 0.300. The van der Waals surface area contributed by atoms with E-state index in [1.807, 2.05) is 47.4 Å². The van der Waals surface area contributed by atoms with E-state index >= 15 is 0 Å². The zero-order valence-electron chi connectivity index (χ0n) is 14.0. The lowest BCUT2D eigenvalue weighted by Crippen LogP contribution is -2.31. The van der Waals surface area contributed by atoms with Crippen LogP contribution in [0.4, 0.5) is 0 Å². The number of benzene rings is 1. The second-order valence-corrected chi connectivity index (χ2v) is 7.25. The van der Waals surface area contributed by atoms with Crippen LogP contribution in [0.2, 0.25) is 0 Å². The highest BCUT2D eigenvalue weighted by molar-refractivity contribution is 7.17. The maximum atomic E-state index is 13.2. The third-order valence-corrected chi connectivity index (χ3v) is 5.55. The molecule has 0 bridgehead atoms. The van der Waals surface area contributed by atoms with E-state index in [-0.39, 0.29) is 5.91 Å². The second-order valence-electron chi connectivity index (χ2n) is 6.25. The number of amides is 1. The van der Waals surface area contributed by atoms with Crippen molar-refractivity contribution in [1.82, 2.24) is 9.88 Å². The van der Waals surface area contributed by atoms with Crippen molar-refractivity contribution in [2.75, 3.05) is 13.1 Å². The van der Waals surface area contributed by atoms with Crippen LogP contribution in [-0.4, -0.2) is 28.9 Å². The number of carbonyl (C=O) groups is 1. The van der Waals surface area contributed by atoms with Crippen LogP contribution in [0.25, 0.3) is 22.0 Å². The van der Waals surface area contributed by atoms with Crippen molar-refractivity contribution in [3.05, 3.63) is 53.6 Å². The second kappa shape index (κ2) is 7.23. The Morgan fingerprint density at radius 3 is 2.44 bits per heavy atom. The molecular formula is C20H20N2O2S. The molecule has 0 unspecified atom stereocenters. The van der Waals surface area contributed by atoms with Crippen LogP contribution in [0.5, 0.6) is 0 Å². The Morgan fingerprint density at radius 1 is 1.00 bits per heavy atom. The Hall–Kier alpha value is -2.40. The summed E-state index contributed by atoms with van der Waals surface area (Å²) in [4.78, 5) is 20.6. The summed E-state index contributed by atoms with van der Waals surface area (Å²) in [6, 6.07) is 13.6. The van der Waals surface area contributed by atoms with Crippen molar-refractivity contribution in [3.8, 4) is 22.0 Å². The normalized spacial score (nSPS) is 15.1. The molecule has 4 nitrogen and oxygen atoms in total. The molecule has 1 aliphatic rings. The van der Waals surface area contributed by atoms with E-state index in [2.05, 4.69) is 0 Å². The van der Waals surface area contributed by atoms with E-state index in [0.717, 1.165) is 42.2 Å². The lowest BCUT2D eigenvalue weighted by molar-refractivity contribution is 0.0767. The maximum absolute atomic E-state index is 13.2. The number of hydrogen-bond acceptors (Lipinski definition) is 4. The molecule has 1 saturated heterocycles. The highest BCUT2D eigenvalue weighted by Gasteiger charge is 2.25. The van der Waals surface area contributed by atoms with Gasteiger partial charge in [-0.15, -0.1) is 11.3 Å². The predicted molar refractivity (Wildman–Crippen MR) is 99.6 cm³/mol. The van der Waals surface area contributed by atoms with Crippen LogP contribution in [0.3, 0.4) is 0 Å². The molecule has 0 spiro atoms. The number of furan rings is 1. The molecule has 25 heavy (non-hydrogen) atoms. The summed E-state index contributed by atoms with van der Waals surface area (Å²) in [7, 11) is 0. The molecule has 3 heterocycles. The van der Waals surface area contributed by atoms with Gasteiger partial charge in [-0.3, -0.25) is 4.79 Å². The van der Waals surface area contributed by atoms with Gasteiger partial charge in [-0.05, 0) is 25.0 Å². The van der Waals surface area contributed by atoms with Crippen LogP contribution in [0.15, 0.2) is 53.1 Å². The lowest BCUT2D eigenvalue weighted by Gasteiger charge is -2.19. The maximum Gasteiger partial charge on any atom is 0.266 e. The minimum Gasteiger partial charge on any atom is -0.462 e. The van der Waals surface area contributed by atoms with Gasteiger partial charge >= 0.3 is 0 Å². The number of aromatic nitrogens is 1. The summed E-state index contributed by atoms with van der Waals surface area (Å²) in [5, 5.41) is 0.752. The molecule has 0 atom stereocenters. The van der Waals surface area contributed by atoms with Crippen molar-refractivity contribution < 1.29 is 9.21 Å². The molecule has 1 amide bonds. The van der Waals surface area contributed by atoms with Crippen molar-refractivity contribution in [1.29, 1.82) is 0 Å². The van der Waals surface area contributed by atoms with E-state index in [9.17, 15) is 4.79 Å². The molecule has 1 fully saturated rings. The first-order valence-corrected chi connectivity index (χ1v) is 9.54. The number of hydrogen-bond donors (Lipinski definition) is 0. The molecule has 128 valence electrons. The molecule has 0 aliphatic carbocycles. The van der Waals surface area contributed by atoms with Crippen LogP contribution in [0.1, 0.15) is 35.4 Å². The zero-order valence-corrected chi connectivity index (χ0v) is 14.8. The number of rotatable bonds is 3. The minimum absolute atomic E-state index is 0.0936. The molecule has 0 saturated carbocycles. The fourth-order valence-corrected chi connectivity index (χ4v) is 4.20. The SMILES string of the molecule is O=C(c1sc(-c2ccco2)nc1-c1ccccc1)N1CCCCCC1. The van der Waals surface area contributed by atoms with E-state index < -0.39 is 0 Å². The summed E-state index contributed by atoms with van der Waals surface area (Å²) >= 11 is 1.42. The molecule has 1 aromatic carbocycles. The van der Waals surface area contributed by atoms with E-state index in [1.165, 1.54) is 24.2 Å². The molecule has 1 aliphatic heterocycles.